The second kappa shape index (κ2) is 8.97. The van der Waals surface area contributed by atoms with Crippen molar-refractivity contribution in [3.05, 3.63) is 54.1 Å². The molecular formula is C22H29N5O. The van der Waals surface area contributed by atoms with Crippen LogP contribution in [0.3, 0.4) is 0 Å². The van der Waals surface area contributed by atoms with Gasteiger partial charge in [-0.2, -0.15) is 0 Å². The number of piperazine rings is 1. The lowest BCUT2D eigenvalue weighted by molar-refractivity contribution is -0.123. The van der Waals surface area contributed by atoms with Crippen molar-refractivity contribution in [2.45, 2.75) is 20.8 Å². The first kappa shape index (κ1) is 20.0. The molecule has 1 aliphatic heterocycles. The predicted molar refractivity (Wildman–Crippen MR) is 114 cm³/mol. The zero-order valence-corrected chi connectivity index (χ0v) is 16.9. The summed E-state index contributed by atoms with van der Waals surface area (Å²) < 4.78 is 0. The number of amides is 1. The van der Waals surface area contributed by atoms with Crippen LogP contribution >= 0.6 is 0 Å². The molecule has 1 fully saturated rings. The Labute approximate surface area is 167 Å². The van der Waals surface area contributed by atoms with Gasteiger partial charge in [0.25, 0.3) is 0 Å². The Hall–Kier alpha value is -2.73. The molecule has 1 N–H and O–H groups in total. The van der Waals surface area contributed by atoms with Gasteiger partial charge < -0.3 is 10.2 Å². The van der Waals surface area contributed by atoms with Crippen molar-refractivity contribution in [3.63, 3.8) is 0 Å². The quantitative estimate of drug-likeness (QED) is 0.864. The molecule has 0 saturated carbocycles. The SMILES string of the molecule is CC(C)(C)C(=O)Nc1ccc(N2CCN(C/C=C/c3ccccc3)CC2)nn1. The molecule has 0 radical (unpaired) electrons. The highest BCUT2D eigenvalue weighted by Gasteiger charge is 2.22. The second-order valence-corrected chi connectivity index (χ2v) is 8.08. The zero-order valence-electron chi connectivity index (χ0n) is 16.9. The number of anilines is 2. The molecule has 1 aliphatic rings. The summed E-state index contributed by atoms with van der Waals surface area (Å²) >= 11 is 0. The van der Waals surface area contributed by atoms with Crippen LogP contribution in [0.5, 0.6) is 0 Å². The van der Waals surface area contributed by atoms with E-state index in [9.17, 15) is 4.79 Å². The highest BCUT2D eigenvalue weighted by atomic mass is 16.2. The van der Waals surface area contributed by atoms with Gasteiger partial charge in [0.1, 0.15) is 0 Å². The third-order valence-electron chi connectivity index (χ3n) is 4.74. The molecule has 3 rings (SSSR count). The second-order valence-electron chi connectivity index (χ2n) is 8.08. The molecule has 0 unspecified atom stereocenters. The van der Waals surface area contributed by atoms with E-state index in [1.807, 2.05) is 39.0 Å². The van der Waals surface area contributed by atoms with E-state index in [2.05, 4.69) is 61.7 Å². The van der Waals surface area contributed by atoms with Crippen LogP contribution in [0.25, 0.3) is 6.08 Å². The largest absolute Gasteiger partial charge is 0.353 e. The summed E-state index contributed by atoms with van der Waals surface area (Å²) in [6, 6.07) is 14.1. The van der Waals surface area contributed by atoms with Crippen molar-refractivity contribution in [1.82, 2.24) is 15.1 Å². The van der Waals surface area contributed by atoms with Crippen LogP contribution in [0.4, 0.5) is 11.6 Å². The maximum Gasteiger partial charge on any atom is 0.230 e. The number of benzene rings is 1. The molecule has 2 aromatic rings. The Morgan fingerprint density at radius 3 is 2.36 bits per heavy atom. The van der Waals surface area contributed by atoms with Gasteiger partial charge in [0, 0.05) is 38.1 Å². The Kier molecular flexibility index (Phi) is 6.41. The Morgan fingerprint density at radius 1 is 1.04 bits per heavy atom. The van der Waals surface area contributed by atoms with Crippen molar-refractivity contribution in [2.75, 3.05) is 42.9 Å². The minimum absolute atomic E-state index is 0.0632. The van der Waals surface area contributed by atoms with Crippen molar-refractivity contribution >= 4 is 23.6 Å². The normalized spacial score (nSPS) is 15.8. The lowest BCUT2D eigenvalue weighted by Gasteiger charge is -2.34. The highest BCUT2D eigenvalue weighted by Crippen LogP contribution is 2.18. The number of nitrogens with zero attached hydrogens (tertiary/aromatic N) is 4. The van der Waals surface area contributed by atoms with E-state index < -0.39 is 5.41 Å². The van der Waals surface area contributed by atoms with Crippen LogP contribution in [-0.4, -0.2) is 53.7 Å². The number of rotatable bonds is 5. The summed E-state index contributed by atoms with van der Waals surface area (Å²) in [6.07, 6.45) is 4.39. The summed E-state index contributed by atoms with van der Waals surface area (Å²) in [5, 5.41) is 11.3. The van der Waals surface area contributed by atoms with Gasteiger partial charge in [-0.1, -0.05) is 63.3 Å². The molecule has 0 bridgehead atoms. The van der Waals surface area contributed by atoms with Crippen molar-refractivity contribution in [2.24, 2.45) is 5.41 Å². The molecule has 0 aliphatic carbocycles. The molecule has 1 saturated heterocycles. The summed E-state index contributed by atoms with van der Waals surface area (Å²) in [7, 11) is 0. The monoisotopic (exact) mass is 379 g/mol. The number of nitrogens with one attached hydrogen (secondary N) is 1. The van der Waals surface area contributed by atoms with Crippen LogP contribution < -0.4 is 10.2 Å². The maximum absolute atomic E-state index is 12.0. The van der Waals surface area contributed by atoms with Gasteiger partial charge in [-0.25, -0.2) is 0 Å². The Balaban J connectivity index is 1.47. The van der Waals surface area contributed by atoms with Crippen LogP contribution in [0.1, 0.15) is 26.3 Å². The fourth-order valence-electron chi connectivity index (χ4n) is 2.93. The van der Waals surface area contributed by atoms with Crippen LogP contribution in [0, 0.1) is 5.41 Å². The van der Waals surface area contributed by atoms with Crippen LogP contribution in [0.2, 0.25) is 0 Å². The summed E-state index contributed by atoms with van der Waals surface area (Å²) in [6.45, 7) is 10.4. The molecule has 28 heavy (non-hydrogen) atoms. The van der Waals surface area contributed by atoms with Crippen LogP contribution in [-0.2, 0) is 4.79 Å². The van der Waals surface area contributed by atoms with Gasteiger partial charge in [0.05, 0.1) is 0 Å². The van der Waals surface area contributed by atoms with Gasteiger partial charge in [-0.3, -0.25) is 9.69 Å². The first-order valence-electron chi connectivity index (χ1n) is 9.76. The smallest absolute Gasteiger partial charge is 0.230 e. The number of carbonyl (C=O) groups is 1. The Bertz CT molecular complexity index is 788. The number of aromatic nitrogens is 2. The highest BCUT2D eigenvalue weighted by molar-refractivity contribution is 5.93. The maximum atomic E-state index is 12.0. The number of hydrogen-bond donors (Lipinski definition) is 1. The summed E-state index contributed by atoms with van der Waals surface area (Å²) in [4.78, 5) is 16.7. The lowest BCUT2D eigenvalue weighted by Crippen LogP contribution is -2.46. The van der Waals surface area contributed by atoms with Crippen LogP contribution in [0.15, 0.2) is 48.5 Å². The zero-order chi connectivity index (χ0) is 20.0. The molecule has 2 heterocycles. The molecule has 0 atom stereocenters. The molecule has 6 nitrogen and oxygen atoms in total. The molecule has 1 amide bonds. The van der Waals surface area contributed by atoms with Crippen molar-refractivity contribution in [3.8, 4) is 0 Å². The third-order valence-corrected chi connectivity index (χ3v) is 4.74. The molecule has 148 valence electrons. The van der Waals surface area contributed by atoms with Crippen molar-refractivity contribution in [1.29, 1.82) is 0 Å². The fraction of sp³-hybridized carbons (Fsp3) is 0.409. The first-order chi connectivity index (χ1) is 13.4. The van der Waals surface area contributed by atoms with E-state index in [-0.39, 0.29) is 5.91 Å². The minimum atomic E-state index is -0.453. The Morgan fingerprint density at radius 2 is 1.75 bits per heavy atom. The van der Waals surface area contributed by atoms with E-state index in [0.29, 0.717) is 5.82 Å². The van der Waals surface area contributed by atoms with Crippen molar-refractivity contribution < 1.29 is 4.79 Å². The topological polar surface area (TPSA) is 61.4 Å². The number of hydrogen-bond acceptors (Lipinski definition) is 5. The predicted octanol–water partition coefficient (Wildman–Crippen LogP) is 3.30. The minimum Gasteiger partial charge on any atom is -0.353 e. The number of carbonyl (C=O) groups excluding carboxylic acids is 1. The molecule has 0 spiro atoms. The van der Waals surface area contributed by atoms with Gasteiger partial charge in [0.2, 0.25) is 5.91 Å². The molecule has 1 aromatic carbocycles. The van der Waals surface area contributed by atoms with E-state index >= 15 is 0 Å². The van der Waals surface area contributed by atoms with Gasteiger partial charge in [-0.05, 0) is 17.7 Å². The average molecular weight is 380 g/mol. The van der Waals surface area contributed by atoms with E-state index in [1.54, 1.807) is 0 Å². The standard InChI is InChI=1S/C22H29N5O/c1-22(2,3)21(28)23-19-11-12-20(25-24-19)27-16-14-26(15-17-27)13-7-10-18-8-5-4-6-9-18/h4-12H,13-17H2,1-3H3,(H,23,24,28)/b10-7+. The molecular weight excluding hydrogens is 350 g/mol. The fourth-order valence-corrected chi connectivity index (χ4v) is 2.93. The van der Waals surface area contributed by atoms with E-state index in [0.717, 1.165) is 38.5 Å². The van der Waals surface area contributed by atoms with Gasteiger partial charge >= 0.3 is 0 Å². The third kappa shape index (κ3) is 5.63. The van der Waals surface area contributed by atoms with E-state index in [4.69, 9.17) is 0 Å². The first-order valence-corrected chi connectivity index (χ1v) is 9.76. The van der Waals surface area contributed by atoms with E-state index in [1.165, 1.54) is 5.56 Å². The molecule has 6 heteroatoms. The summed E-state index contributed by atoms with van der Waals surface area (Å²) in [5.74, 6) is 1.29. The molecule has 1 aromatic heterocycles. The summed E-state index contributed by atoms with van der Waals surface area (Å²) in [5.41, 5.74) is 0.779. The van der Waals surface area contributed by atoms with Gasteiger partial charge in [-0.15, -0.1) is 10.2 Å². The van der Waals surface area contributed by atoms with Gasteiger partial charge in [0.15, 0.2) is 11.6 Å². The average Bonchev–Trinajstić information content (AvgIpc) is 2.69. The lowest BCUT2D eigenvalue weighted by atomic mass is 9.96.